The van der Waals surface area contributed by atoms with Gasteiger partial charge in [0, 0.05) is 32.7 Å². The minimum absolute atomic E-state index is 0. The first-order chi connectivity index (χ1) is 4.20. The van der Waals surface area contributed by atoms with Crippen molar-refractivity contribution in [1.82, 2.24) is 9.55 Å². The Morgan fingerprint density at radius 3 is 2.70 bits per heavy atom. The molecule has 0 spiro atoms. The van der Waals surface area contributed by atoms with Gasteiger partial charge < -0.3 is 14.3 Å². The molecule has 1 aromatic heterocycles. The third-order valence-corrected chi connectivity index (χ3v) is 1.02. The summed E-state index contributed by atoms with van der Waals surface area (Å²) in [7, 11) is 1.66. The van der Waals surface area contributed by atoms with Crippen LogP contribution in [0.4, 0.5) is 0 Å². The van der Waals surface area contributed by atoms with Crippen LogP contribution in [0.25, 0.3) is 0 Å². The number of aryl methyl sites for hydroxylation is 2. The van der Waals surface area contributed by atoms with Crippen LogP contribution >= 0.6 is 0 Å². The van der Waals surface area contributed by atoms with Gasteiger partial charge in [0.1, 0.15) is 0 Å². The van der Waals surface area contributed by atoms with E-state index in [4.69, 9.17) is 0 Å². The molecule has 0 saturated heterocycles. The van der Waals surface area contributed by atoms with E-state index in [1.54, 1.807) is 13.2 Å². The molecule has 1 heterocycles. The number of hydrogen-bond acceptors (Lipinski definition) is 2. The first kappa shape index (κ1) is 9.98. The topological polar surface area (TPSA) is 34.9 Å². The van der Waals surface area contributed by atoms with Gasteiger partial charge in [-0.15, -0.1) is 5.56 Å². The van der Waals surface area contributed by atoms with Gasteiger partial charge in [-0.25, -0.2) is 0 Å². The van der Waals surface area contributed by atoms with Crippen molar-refractivity contribution in [2.24, 2.45) is 7.05 Å². The van der Waals surface area contributed by atoms with E-state index in [2.05, 4.69) is 11.2 Å². The van der Waals surface area contributed by atoms with Crippen LogP contribution in [0.3, 0.4) is 0 Å². The van der Waals surface area contributed by atoms with Crippen molar-refractivity contribution in [3.05, 3.63) is 28.4 Å². The quantitative estimate of drug-likeness (QED) is 0.562. The smallest absolute Gasteiger partial charge is 0.229 e. The normalized spacial score (nSPS) is 8.60. The summed E-state index contributed by atoms with van der Waals surface area (Å²) in [5.41, 5.74) is 0.609. The molecule has 0 amide bonds. The first-order valence-electron chi connectivity index (χ1n) is 2.62. The SMILES string of the molecule is Cc1[c-]nc(=O)n(C)c1.[Y]. The molecule has 3 nitrogen and oxygen atoms in total. The van der Waals surface area contributed by atoms with Gasteiger partial charge in [-0.3, -0.25) is 0 Å². The molecule has 10 heavy (non-hydrogen) atoms. The first-order valence-corrected chi connectivity index (χ1v) is 2.62. The van der Waals surface area contributed by atoms with Crippen molar-refractivity contribution in [2.45, 2.75) is 6.92 Å². The van der Waals surface area contributed by atoms with Crippen molar-refractivity contribution in [3.63, 3.8) is 0 Å². The summed E-state index contributed by atoms with van der Waals surface area (Å²) in [4.78, 5) is 14.1. The Labute approximate surface area is 84.4 Å². The van der Waals surface area contributed by atoms with Crippen LogP contribution in [-0.4, -0.2) is 9.55 Å². The van der Waals surface area contributed by atoms with E-state index < -0.39 is 0 Å². The molecule has 0 atom stereocenters. The van der Waals surface area contributed by atoms with Gasteiger partial charge in [0.2, 0.25) is 5.69 Å². The van der Waals surface area contributed by atoms with E-state index in [1.165, 1.54) is 4.57 Å². The molecule has 1 radical (unpaired) electrons. The Bertz CT molecular complexity index is 269. The van der Waals surface area contributed by atoms with Crippen molar-refractivity contribution in [1.29, 1.82) is 0 Å². The maximum absolute atomic E-state index is 10.6. The Hall–Kier alpha value is -0.0161. The minimum atomic E-state index is -0.263. The molecule has 51 valence electrons. The third kappa shape index (κ3) is 2.31. The molecule has 0 aliphatic heterocycles. The Morgan fingerprint density at radius 1 is 1.70 bits per heavy atom. The molecule has 0 aromatic carbocycles. The Balaban J connectivity index is 0.000000810. The zero-order valence-corrected chi connectivity index (χ0v) is 8.80. The molecule has 0 aliphatic carbocycles. The number of rotatable bonds is 0. The zero-order valence-electron chi connectivity index (χ0n) is 5.96. The van der Waals surface area contributed by atoms with E-state index in [-0.39, 0.29) is 38.4 Å². The van der Waals surface area contributed by atoms with Crippen LogP contribution in [0.15, 0.2) is 11.0 Å². The molecular formula is C6H7N2OY-. The number of hydrogen-bond donors (Lipinski definition) is 0. The third-order valence-electron chi connectivity index (χ3n) is 1.02. The van der Waals surface area contributed by atoms with Gasteiger partial charge >= 0.3 is 0 Å². The molecule has 0 bridgehead atoms. The van der Waals surface area contributed by atoms with Crippen LogP contribution in [-0.2, 0) is 39.8 Å². The fraction of sp³-hybridized carbons (Fsp3) is 0.333. The summed E-state index contributed by atoms with van der Waals surface area (Å²) in [6, 6.07) is 0. The van der Waals surface area contributed by atoms with Crippen LogP contribution in [0, 0.1) is 13.1 Å². The van der Waals surface area contributed by atoms with Crippen LogP contribution in [0.5, 0.6) is 0 Å². The van der Waals surface area contributed by atoms with Gasteiger partial charge in [0.15, 0.2) is 0 Å². The van der Waals surface area contributed by atoms with E-state index >= 15 is 0 Å². The van der Waals surface area contributed by atoms with E-state index in [0.717, 1.165) is 5.56 Å². The predicted octanol–water partition coefficient (Wildman–Crippen LogP) is -0.114. The van der Waals surface area contributed by atoms with Gasteiger partial charge in [0.05, 0.1) is 0 Å². The maximum Gasteiger partial charge on any atom is 0.229 e. The monoisotopic (exact) mass is 212 g/mol. The van der Waals surface area contributed by atoms with Gasteiger partial charge in [-0.2, -0.15) is 0 Å². The summed E-state index contributed by atoms with van der Waals surface area (Å²) in [5, 5.41) is 0. The molecule has 1 rings (SSSR count). The van der Waals surface area contributed by atoms with Crippen molar-refractivity contribution in [2.75, 3.05) is 0 Å². The molecule has 0 unspecified atom stereocenters. The Kier molecular flexibility index (Phi) is 3.98. The van der Waals surface area contributed by atoms with Crippen molar-refractivity contribution in [3.8, 4) is 0 Å². The molecule has 4 heteroatoms. The largest absolute Gasteiger partial charge is 0.408 e. The number of nitrogens with zero attached hydrogens (tertiary/aromatic N) is 2. The van der Waals surface area contributed by atoms with Crippen LogP contribution < -0.4 is 5.69 Å². The molecular weight excluding hydrogens is 205 g/mol. The van der Waals surface area contributed by atoms with Gasteiger partial charge in [-0.05, 0) is 7.05 Å². The summed E-state index contributed by atoms with van der Waals surface area (Å²) in [6.07, 6.45) is 4.25. The fourth-order valence-electron chi connectivity index (χ4n) is 0.589. The molecule has 0 aliphatic rings. The second kappa shape index (κ2) is 3.99. The zero-order chi connectivity index (χ0) is 6.85. The molecule has 0 saturated carbocycles. The summed E-state index contributed by atoms with van der Waals surface area (Å²) < 4.78 is 1.42. The van der Waals surface area contributed by atoms with E-state index in [9.17, 15) is 4.79 Å². The second-order valence-corrected chi connectivity index (χ2v) is 1.93. The summed E-state index contributed by atoms with van der Waals surface area (Å²) in [5.74, 6) is 0. The maximum atomic E-state index is 10.6. The Morgan fingerprint density at radius 2 is 2.30 bits per heavy atom. The van der Waals surface area contributed by atoms with Crippen LogP contribution in [0.1, 0.15) is 5.56 Å². The van der Waals surface area contributed by atoms with E-state index in [1.807, 2.05) is 6.92 Å². The predicted molar refractivity (Wildman–Crippen MR) is 33.1 cm³/mol. The summed E-state index contributed by atoms with van der Waals surface area (Å²) >= 11 is 0. The molecule has 0 fully saturated rings. The van der Waals surface area contributed by atoms with Crippen molar-refractivity contribution >= 4 is 0 Å². The average Bonchev–Trinajstić information content (AvgIpc) is 1.80. The average molecular weight is 212 g/mol. The summed E-state index contributed by atoms with van der Waals surface area (Å²) in [6.45, 7) is 1.84. The van der Waals surface area contributed by atoms with Gasteiger partial charge in [0.25, 0.3) is 0 Å². The standard InChI is InChI=1S/C6H7N2O.Y/c1-5-3-7-6(9)8(2)4-5;/h4H,1-2H3;/q-1;. The van der Waals surface area contributed by atoms with Gasteiger partial charge in [-0.1, -0.05) is 19.3 Å². The van der Waals surface area contributed by atoms with E-state index in [0.29, 0.717) is 0 Å². The second-order valence-electron chi connectivity index (χ2n) is 1.93. The van der Waals surface area contributed by atoms with Crippen LogP contribution in [0.2, 0.25) is 0 Å². The minimum Gasteiger partial charge on any atom is -0.408 e. The molecule has 0 N–H and O–H groups in total. The molecule has 1 aromatic rings. The van der Waals surface area contributed by atoms with Crippen molar-refractivity contribution < 1.29 is 32.7 Å². The fourth-order valence-corrected chi connectivity index (χ4v) is 0.589. The number of aromatic nitrogens is 2.